The van der Waals surface area contributed by atoms with E-state index in [0.29, 0.717) is 18.0 Å². The molecule has 0 spiro atoms. The summed E-state index contributed by atoms with van der Waals surface area (Å²) in [4.78, 5) is 15.1. The summed E-state index contributed by atoms with van der Waals surface area (Å²) in [6.07, 6.45) is 2.87. The van der Waals surface area contributed by atoms with Gasteiger partial charge in [-0.3, -0.25) is 0 Å². The lowest BCUT2D eigenvalue weighted by Gasteiger charge is -2.08. The van der Waals surface area contributed by atoms with Crippen molar-refractivity contribution in [2.45, 2.75) is 6.54 Å². The van der Waals surface area contributed by atoms with Crippen LogP contribution in [0, 0.1) is 0 Å². The summed E-state index contributed by atoms with van der Waals surface area (Å²) in [5, 5.41) is 16.3. The molecule has 0 unspecified atom stereocenters. The molecule has 3 aromatic rings. The van der Waals surface area contributed by atoms with E-state index in [2.05, 4.69) is 15.4 Å². The molecule has 0 bridgehead atoms. The molecule has 20 heavy (non-hydrogen) atoms. The number of aromatic nitrogens is 3. The topological polar surface area (TPSA) is 79.5 Å². The average Bonchev–Trinajstić information content (AvgIpc) is 2.91. The minimum atomic E-state index is -1.03. The standard InChI is InChI=1S/C14H12N4O2/c19-14(20)11-9-17-18-12(6-7-15-13(11)18)16-8-10-4-2-1-3-5-10/h1-7,9,16H,8H2,(H,19,20). The van der Waals surface area contributed by atoms with Crippen LogP contribution in [0.1, 0.15) is 15.9 Å². The molecule has 0 saturated carbocycles. The van der Waals surface area contributed by atoms with E-state index in [1.807, 2.05) is 30.3 Å². The molecule has 0 saturated heterocycles. The fourth-order valence-electron chi connectivity index (χ4n) is 1.96. The van der Waals surface area contributed by atoms with Crippen molar-refractivity contribution in [2.24, 2.45) is 0 Å². The van der Waals surface area contributed by atoms with Crippen LogP contribution in [0.3, 0.4) is 0 Å². The molecule has 0 atom stereocenters. The molecule has 0 radical (unpaired) electrons. The summed E-state index contributed by atoms with van der Waals surface area (Å²) < 4.78 is 1.49. The van der Waals surface area contributed by atoms with Crippen molar-refractivity contribution in [3.63, 3.8) is 0 Å². The maximum absolute atomic E-state index is 11.1. The zero-order valence-corrected chi connectivity index (χ0v) is 10.5. The second kappa shape index (κ2) is 5.00. The lowest BCUT2D eigenvalue weighted by Crippen LogP contribution is -2.06. The fourth-order valence-corrected chi connectivity index (χ4v) is 1.96. The van der Waals surface area contributed by atoms with Crippen LogP contribution in [0.5, 0.6) is 0 Å². The largest absolute Gasteiger partial charge is 0.477 e. The van der Waals surface area contributed by atoms with Gasteiger partial charge in [0, 0.05) is 12.7 Å². The first kappa shape index (κ1) is 12.2. The number of nitrogens with one attached hydrogen (secondary N) is 1. The Hall–Kier alpha value is -2.89. The summed E-state index contributed by atoms with van der Waals surface area (Å²) in [7, 11) is 0. The van der Waals surface area contributed by atoms with Gasteiger partial charge in [-0.15, -0.1) is 0 Å². The van der Waals surface area contributed by atoms with Crippen LogP contribution in [0.4, 0.5) is 5.82 Å². The summed E-state index contributed by atoms with van der Waals surface area (Å²) in [6, 6.07) is 11.7. The highest BCUT2D eigenvalue weighted by molar-refractivity contribution is 5.94. The van der Waals surface area contributed by atoms with Crippen LogP contribution in [0.15, 0.2) is 48.8 Å². The number of aromatic carboxylic acids is 1. The van der Waals surface area contributed by atoms with Crippen LogP contribution >= 0.6 is 0 Å². The number of nitrogens with zero attached hydrogens (tertiary/aromatic N) is 3. The normalized spacial score (nSPS) is 10.6. The lowest BCUT2D eigenvalue weighted by molar-refractivity contribution is 0.0699. The highest BCUT2D eigenvalue weighted by atomic mass is 16.4. The molecule has 0 amide bonds. The van der Waals surface area contributed by atoms with E-state index in [1.54, 1.807) is 12.3 Å². The third kappa shape index (κ3) is 2.18. The van der Waals surface area contributed by atoms with Crippen LogP contribution in [0.25, 0.3) is 5.65 Å². The third-order valence-corrected chi connectivity index (χ3v) is 2.95. The first-order valence-electron chi connectivity index (χ1n) is 6.09. The second-order valence-corrected chi connectivity index (χ2v) is 4.27. The van der Waals surface area contributed by atoms with Crippen molar-refractivity contribution in [1.82, 2.24) is 14.6 Å². The molecule has 6 nitrogen and oxygen atoms in total. The van der Waals surface area contributed by atoms with Gasteiger partial charge >= 0.3 is 5.97 Å². The van der Waals surface area contributed by atoms with Gasteiger partial charge in [0.1, 0.15) is 11.4 Å². The molecule has 0 fully saturated rings. The Balaban J connectivity index is 1.90. The Kier molecular flexibility index (Phi) is 3.04. The highest BCUT2D eigenvalue weighted by Gasteiger charge is 2.13. The molecule has 2 heterocycles. The van der Waals surface area contributed by atoms with Gasteiger partial charge in [-0.05, 0) is 11.6 Å². The zero-order chi connectivity index (χ0) is 13.9. The molecule has 1 aromatic carbocycles. The SMILES string of the molecule is O=C(O)c1cnn2c(NCc3ccccc3)ccnc12. The molecule has 6 heteroatoms. The smallest absolute Gasteiger partial charge is 0.341 e. The number of fused-ring (bicyclic) bond motifs is 1. The molecule has 3 rings (SSSR count). The van der Waals surface area contributed by atoms with E-state index >= 15 is 0 Å². The van der Waals surface area contributed by atoms with Crippen LogP contribution < -0.4 is 5.32 Å². The van der Waals surface area contributed by atoms with E-state index in [4.69, 9.17) is 5.11 Å². The quantitative estimate of drug-likeness (QED) is 0.757. The van der Waals surface area contributed by atoms with Crippen molar-refractivity contribution < 1.29 is 9.90 Å². The number of benzene rings is 1. The second-order valence-electron chi connectivity index (χ2n) is 4.27. The van der Waals surface area contributed by atoms with Gasteiger partial charge in [0.2, 0.25) is 0 Å². The number of hydrogen-bond donors (Lipinski definition) is 2. The zero-order valence-electron chi connectivity index (χ0n) is 10.5. The Morgan fingerprint density at radius 2 is 2.05 bits per heavy atom. The third-order valence-electron chi connectivity index (χ3n) is 2.95. The number of anilines is 1. The fraction of sp³-hybridized carbons (Fsp3) is 0.0714. The Labute approximate surface area is 114 Å². The Bertz CT molecular complexity index is 752. The van der Waals surface area contributed by atoms with Crippen molar-refractivity contribution >= 4 is 17.4 Å². The van der Waals surface area contributed by atoms with Crippen molar-refractivity contribution in [3.8, 4) is 0 Å². The van der Waals surface area contributed by atoms with Gasteiger partial charge in [0.05, 0.1) is 6.20 Å². The Morgan fingerprint density at radius 3 is 2.80 bits per heavy atom. The summed E-state index contributed by atoms with van der Waals surface area (Å²) in [5.41, 5.74) is 1.55. The maximum Gasteiger partial charge on any atom is 0.341 e. The van der Waals surface area contributed by atoms with Crippen molar-refractivity contribution in [1.29, 1.82) is 0 Å². The predicted octanol–water partition coefficient (Wildman–Crippen LogP) is 2.04. The van der Waals surface area contributed by atoms with E-state index in [0.717, 1.165) is 5.56 Å². The number of carbonyl (C=O) groups is 1. The summed E-state index contributed by atoms with van der Waals surface area (Å²) in [5.74, 6) is -0.334. The summed E-state index contributed by atoms with van der Waals surface area (Å²) >= 11 is 0. The molecule has 0 aliphatic carbocycles. The van der Waals surface area contributed by atoms with Crippen molar-refractivity contribution in [2.75, 3.05) is 5.32 Å². The van der Waals surface area contributed by atoms with Crippen molar-refractivity contribution in [3.05, 3.63) is 59.9 Å². The van der Waals surface area contributed by atoms with E-state index in [1.165, 1.54) is 10.7 Å². The summed E-state index contributed by atoms with van der Waals surface area (Å²) in [6.45, 7) is 0.627. The molecule has 2 N–H and O–H groups in total. The molecule has 0 aliphatic rings. The molecule has 2 aromatic heterocycles. The molecular formula is C14H12N4O2. The lowest BCUT2D eigenvalue weighted by atomic mass is 10.2. The molecule has 0 aliphatic heterocycles. The number of rotatable bonds is 4. The van der Waals surface area contributed by atoms with E-state index in [-0.39, 0.29) is 5.56 Å². The van der Waals surface area contributed by atoms with Gasteiger partial charge < -0.3 is 10.4 Å². The first-order chi connectivity index (χ1) is 9.75. The predicted molar refractivity (Wildman–Crippen MR) is 73.7 cm³/mol. The van der Waals surface area contributed by atoms with Crippen LogP contribution in [0.2, 0.25) is 0 Å². The van der Waals surface area contributed by atoms with Crippen LogP contribution in [-0.2, 0) is 6.54 Å². The van der Waals surface area contributed by atoms with Gasteiger partial charge in [-0.1, -0.05) is 30.3 Å². The van der Waals surface area contributed by atoms with Gasteiger partial charge in [-0.25, -0.2) is 9.78 Å². The van der Waals surface area contributed by atoms with Gasteiger partial charge in [-0.2, -0.15) is 9.61 Å². The van der Waals surface area contributed by atoms with E-state index in [9.17, 15) is 4.79 Å². The van der Waals surface area contributed by atoms with Gasteiger partial charge in [0.25, 0.3) is 0 Å². The molecular weight excluding hydrogens is 256 g/mol. The maximum atomic E-state index is 11.1. The first-order valence-corrected chi connectivity index (χ1v) is 6.09. The number of hydrogen-bond acceptors (Lipinski definition) is 4. The van der Waals surface area contributed by atoms with E-state index < -0.39 is 5.97 Å². The number of carboxylic acid groups (broad SMARTS) is 1. The Morgan fingerprint density at radius 1 is 1.25 bits per heavy atom. The minimum absolute atomic E-state index is 0.0911. The minimum Gasteiger partial charge on any atom is -0.477 e. The van der Waals surface area contributed by atoms with Crippen LogP contribution in [-0.4, -0.2) is 25.7 Å². The van der Waals surface area contributed by atoms with Gasteiger partial charge in [0.15, 0.2) is 5.65 Å². The molecule has 100 valence electrons. The average molecular weight is 268 g/mol. The monoisotopic (exact) mass is 268 g/mol. The number of carboxylic acids is 1. The highest BCUT2D eigenvalue weighted by Crippen LogP contribution is 2.14.